The van der Waals surface area contributed by atoms with Gasteiger partial charge in [0.25, 0.3) is 0 Å². The van der Waals surface area contributed by atoms with Gasteiger partial charge in [-0.25, -0.2) is 4.79 Å². The van der Waals surface area contributed by atoms with Crippen molar-refractivity contribution in [2.75, 3.05) is 13.1 Å². The lowest BCUT2D eigenvalue weighted by Gasteiger charge is -2.32. The minimum Gasteiger partial charge on any atom is -0.465 e. The SMILES string of the molecule is CC1(N)CC12CCN(C(=O)O)CC2. The number of carboxylic acid groups (broad SMARTS) is 1. The number of amides is 1. The quantitative estimate of drug-likeness (QED) is 0.587. The van der Waals surface area contributed by atoms with Crippen LogP contribution in [0.15, 0.2) is 0 Å². The second-order valence-electron chi connectivity index (χ2n) is 4.64. The van der Waals surface area contributed by atoms with E-state index in [-0.39, 0.29) is 11.0 Å². The van der Waals surface area contributed by atoms with E-state index in [4.69, 9.17) is 10.8 Å². The van der Waals surface area contributed by atoms with Crippen molar-refractivity contribution in [1.29, 1.82) is 0 Å². The first kappa shape index (κ1) is 8.81. The summed E-state index contributed by atoms with van der Waals surface area (Å²) in [6.07, 6.45) is 2.14. The van der Waals surface area contributed by atoms with E-state index in [1.165, 1.54) is 4.90 Å². The van der Waals surface area contributed by atoms with Gasteiger partial charge in [-0.15, -0.1) is 0 Å². The van der Waals surface area contributed by atoms with E-state index in [1.54, 1.807) is 0 Å². The lowest BCUT2D eigenvalue weighted by atomic mass is 9.89. The maximum atomic E-state index is 10.6. The van der Waals surface area contributed by atoms with E-state index in [2.05, 4.69) is 6.92 Å². The maximum absolute atomic E-state index is 10.6. The molecule has 74 valence electrons. The Balaban J connectivity index is 1.95. The fourth-order valence-corrected chi connectivity index (χ4v) is 2.53. The molecule has 0 radical (unpaired) electrons. The van der Waals surface area contributed by atoms with Crippen molar-refractivity contribution in [3.63, 3.8) is 0 Å². The number of piperidine rings is 1. The summed E-state index contributed by atoms with van der Waals surface area (Å²) in [6, 6.07) is 0. The van der Waals surface area contributed by atoms with Crippen LogP contribution >= 0.6 is 0 Å². The first-order chi connectivity index (χ1) is 5.97. The Labute approximate surface area is 77.7 Å². The zero-order valence-electron chi connectivity index (χ0n) is 7.92. The average Bonchev–Trinajstić information content (AvgIpc) is 2.53. The van der Waals surface area contributed by atoms with Gasteiger partial charge in [-0.1, -0.05) is 0 Å². The monoisotopic (exact) mass is 184 g/mol. The molecule has 1 spiro atoms. The Morgan fingerprint density at radius 1 is 1.46 bits per heavy atom. The third kappa shape index (κ3) is 1.20. The zero-order chi connectivity index (χ0) is 9.69. The second kappa shape index (κ2) is 2.38. The number of nitrogens with two attached hydrogens (primary N) is 1. The van der Waals surface area contributed by atoms with Gasteiger partial charge in [-0.05, 0) is 31.6 Å². The van der Waals surface area contributed by atoms with E-state index in [1.807, 2.05) is 0 Å². The summed E-state index contributed by atoms with van der Waals surface area (Å²) >= 11 is 0. The normalized spacial score (nSPS) is 36.3. The summed E-state index contributed by atoms with van der Waals surface area (Å²) in [4.78, 5) is 12.1. The van der Waals surface area contributed by atoms with Crippen molar-refractivity contribution in [2.24, 2.45) is 11.1 Å². The van der Waals surface area contributed by atoms with Crippen LogP contribution in [0.25, 0.3) is 0 Å². The van der Waals surface area contributed by atoms with Crippen LogP contribution in [0.2, 0.25) is 0 Å². The van der Waals surface area contributed by atoms with E-state index in [0.717, 1.165) is 19.3 Å². The molecular weight excluding hydrogens is 168 g/mol. The third-order valence-electron chi connectivity index (χ3n) is 3.78. The Hall–Kier alpha value is -0.770. The van der Waals surface area contributed by atoms with Gasteiger partial charge in [0.2, 0.25) is 0 Å². The first-order valence-electron chi connectivity index (χ1n) is 4.74. The van der Waals surface area contributed by atoms with Crippen LogP contribution in [0.4, 0.5) is 4.79 Å². The maximum Gasteiger partial charge on any atom is 0.407 e. The summed E-state index contributed by atoms with van der Waals surface area (Å²) in [6.45, 7) is 3.38. The van der Waals surface area contributed by atoms with Gasteiger partial charge in [-0.3, -0.25) is 0 Å². The van der Waals surface area contributed by atoms with E-state index in [0.29, 0.717) is 13.1 Å². The fraction of sp³-hybridized carbons (Fsp3) is 0.889. The molecule has 1 heterocycles. The van der Waals surface area contributed by atoms with Crippen molar-refractivity contribution < 1.29 is 9.90 Å². The van der Waals surface area contributed by atoms with E-state index >= 15 is 0 Å². The molecule has 1 atom stereocenters. The first-order valence-corrected chi connectivity index (χ1v) is 4.74. The van der Waals surface area contributed by atoms with E-state index < -0.39 is 6.09 Å². The van der Waals surface area contributed by atoms with Crippen molar-refractivity contribution >= 4 is 6.09 Å². The molecule has 1 saturated heterocycles. The molecule has 1 saturated carbocycles. The highest BCUT2D eigenvalue weighted by molar-refractivity contribution is 5.65. The number of nitrogens with zero attached hydrogens (tertiary/aromatic N) is 1. The summed E-state index contributed by atoms with van der Waals surface area (Å²) in [5, 5.41) is 8.75. The molecule has 2 aliphatic rings. The second-order valence-corrected chi connectivity index (χ2v) is 4.64. The molecule has 2 fully saturated rings. The fourth-order valence-electron chi connectivity index (χ4n) is 2.53. The summed E-state index contributed by atoms with van der Waals surface area (Å²) in [5.41, 5.74) is 6.26. The lowest BCUT2D eigenvalue weighted by molar-refractivity contribution is 0.116. The molecule has 1 unspecified atom stereocenters. The molecule has 1 amide bonds. The Kier molecular flexibility index (Phi) is 1.61. The number of hydrogen-bond donors (Lipinski definition) is 2. The predicted octanol–water partition coefficient (Wildman–Crippen LogP) is 0.868. The Morgan fingerprint density at radius 3 is 2.23 bits per heavy atom. The minimum atomic E-state index is -0.797. The smallest absolute Gasteiger partial charge is 0.407 e. The van der Waals surface area contributed by atoms with Gasteiger partial charge >= 0.3 is 6.09 Å². The molecule has 13 heavy (non-hydrogen) atoms. The number of hydrogen-bond acceptors (Lipinski definition) is 2. The standard InChI is InChI=1S/C9H16N2O2/c1-8(10)6-9(8)2-4-11(5-3-9)7(12)13/h2-6,10H2,1H3,(H,12,13). The van der Waals surface area contributed by atoms with Gasteiger partial charge in [0.05, 0.1) is 0 Å². The summed E-state index contributed by atoms with van der Waals surface area (Å²) < 4.78 is 0. The van der Waals surface area contributed by atoms with Gasteiger partial charge in [0.15, 0.2) is 0 Å². The summed E-state index contributed by atoms with van der Waals surface area (Å²) in [5.74, 6) is 0. The van der Waals surface area contributed by atoms with Crippen LogP contribution < -0.4 is 5.73 Å². The van der Waals surface area contributed by atoms with Crippen molar-refractivity contribution in [1.82, 2.24) is 4.90 Å². The van der Waals surface area contributed by atoms with Crippen LogP contribution in [0.1, 0.15) is 26.2 Å². The number of likely N-dealkylation sites (tertiary alicyclic amines) is 1. The molecule has 4 heteroatoms. The van der Waals surface area contributed by atoms with Crippen LogP contribution in [0.5, 0.6) is 0 Å². The van der Waals surface area contributed by atoms with Gasteiger partial charge in [0.1, 0.15) is 0 Å². The van der Waals surface area contributed by atoms with Crippen molar-refractivity contribution in [2.45, 2.75) is 31.7 Å². The van der Waals surface area contributed by atoms with Crippen molar-refractivity contribution in [3.05, 3.63) is 0 Å². The average molecular weight is 184 g/mol. The molecule has 2 rings (SSSR count). The molecule has 1 aliphatic carbocycles. The Morgan fingerprint density at radius 2 is 1.92 bits per heavy atom. The number of carbonyl (C=O) groups is 1. The molecule has 0 aromatic carbocycles. The van der Waals surface area contributed by atoms with Crippen LogP contribution in [-0.4, -0.2) is 34.7 Å². The molecular formula is C9H16N2O2. The van der Waals surface area contributed by atoms with Gasteiger partial charge in [0, 0.05) is 18.6 Å². The minimum absolute atomic E-state index is 0.0302. The highest BCUT2D eigenvalue weighted by Crippen LogP contribution is 2.60. The number of rotatable bonds is 0. The summed E-state index contributed by atoms with van der Waals surface area (Å²) in [7, 11) is 0. The van der Waals surface area contributed by atoms with Crippen LogP contribution in [-0.2, 0) is 0 Å². The van der Waals surface area contributed by atoms with E-state index in [9.17, 15) is 4.79 Å². The molecule has 0 bridgehead atoms. The molecule has 0 aromatic rings. The van der Waals surface area contributed by atoms with Gasteiger partial charge < -0.3 is 15.7 Å². The van der Waals surface area contributed by atoms with Crippen LogP contribution in [0.3, 0.4) is 0 Å². The lowest BCUT2D eigenvalue weighted by Crippen LogP contribution is -2.41. The Bertz CT molecular complexity index is 242. The predicted molar refractivity (Wildman–Crippen MR) is 48.5 cm³/mol. The molecule has 3 N–H and O–H groups in total. The molecule has 4 nitrogen and oxygen atoms in total. The van der Waals surface area contributed by atoms with Gasteiger partial charge in [-0.2, -0.15) is 0 Å². The highest BCUT2D eigenvalue weighted by atomic mass is 16.4. The molecule has 0 aromatic heterocycles. The van der Waals surface area contributed by atoms with Crippen molar-refractivity contribution in [3.8, 4) is 0 Å². The van der Waals surface area contributed by atoms with Crippen LogP contribution in [0, 0.1) is 5.41 Å². The topological polar surface area (TPSA) is 66.6 Å². The highest BCUT2D eigenvalue weighted by Gasteiger charge is 2.62. The largest absolute Gasteiger partial charge is 0.465 e. The third-order valence-corrected chi connectivity index (χ3v) is 3.78. The molecule has 1 aliphatic heterocycles. The zero-order valence-corrected chi connectivity index (χ0v) is 7.92.